The van der Waals surface area contributed by atoms with Crippen molar-refractivity contribution >= 4 is 0 Å². The second-order valence-corrected chi connectivity index (χ2v) is 5.59. The fourth-order valence-electron chi connectivity index (χ4n) is 2.64. The van der Waals surface area contributed by atoms with Crippen molar-refractivity contribution in [3.63, 3.8) is 0 Å². The Morgan fingerprint density at radius 3 is 1.96 bits per heavy atom. The van der Waals surface area contributed by atoms with Gasteiger partial charge in [-0.2, -0.15) is 0 Å². The van der Waals surface area contributed by atoms with Gasteiger partial charge in [-0.15, -0.1) is 0 Å². The second-order valence-electron chi connectivity index (χ2n) is 5.59. The summed E-state index contributed by atoms with van der Waals surface area (Å²) in [6.07, 6.45) is -12.4. The van der Waals surface area contributed by atoms with Crippen LogP contribution < -0.4 is 0 Å². The second kappa shape index (κ2) is 7.21. The van der Waals surface area contributed by atoms with Crippen LogP contribution in [0.5, 0.6) is 0 Å². The summed E-state index contributed by atoms with van der Waals surface area (Å²) in [4.78, 5) is 0. The van der Waals surface area contributed by atoms with Crippen LogP contribution in [0.25, 0.3) is 0 Å². The molecule has 0 bridgehead atoms. The Bertz CT molecular complexity index is 393. The topological polar surface area (TPSA) is 190 Å². The van der Waals surface area contributed by atoms with Crippen LogP contribution in [0.3, 0.4) is 0 Å². The lowest BCUT2D eigenvalue weighted by molar-refractivity contribution is -0.342. The zero-order chi connectivity index (χ0) is 17.4. The number of ether oxygens (including phenoxy) is 3. The highest BCUT2D eigenvalue weighted by Crippen LogP contribution is 2.34. The summed E-state index contributed by atoms with van der Waals surface area (Å²) in [6.45, 7) is -2.33. The van der Waals surface area contributed by atoms with Gasteiger partial charge < -0.3 is 55.1 Å². The van der Waals surface area contributed by atoms with Gasteiger partial charge in [0.15, 0.2) is 6.29 Å². The fraction of sp³-hybridized carbons (Fsp3) is 1.00. The molecular weight excluding hydrogens is 320 g/mol. The zero-order valence-corrected chi connectivity index (χ0v) is 12.0. The molecule has 2 saturated heterocycles. The molecule has 2 heterocycles. The van der Waals surface area contributed by atoms with Crippen molar-refractivity contribution in [1.29, 1.82) is 0 Å². The van der Waals surface area contributed by atoms with E-state index in [0.29, 0.717) is 0 Å². The van der Waals surface area contributed by atoms with Crippen molar-refractivity contribution < 1.29 is 55.1 Å². The van der Waals surface area contributed by atoms with E-state index in [1.165, 1.54) is 0 Å². The first-order valence-electron chi connectivity index (χ1n) is 7.05. The minimum Gasteiger partial charge on any atom is -0.394 e. The van der Waals surface area contributed by atoms with Gasteiger partial charge >= 0.3 is 0 Å². The summed E-state index contributed by atoms with van der Waals surface area (Å²) in [7, 11) is 0. The van der Waals surface area contributed by atoms with Crippen molar-refractivity contribution in [2.45, 2.75) is 54.8 Å². The minimum atomic E-state index is -2.37. The molecule has 9 atom stereocenters. The predicted octanol–water partition coefficient (Wildman–Crippen LogP) is -5.40. The number of rotatable bonds is 5. The minimum absolute atomic E-state index is 0.669. The third-order valence-electron chi connectivity index (χ3n) is 4.03. The van der Waals surface area contributed by atoms with E-state index in [1.54, 1.807) is 0 Å². The van der Waals surface area contributed by atoms with Gasteiger partial charge in [0.2, 0.25) is 5.79 Å². The maximum Gasteiger partial charge on any atom is 0.219 e. The van der Waals surface area contributed by atoms with Gasteiger partial charge in [-0.1, -0.05) is 0 Å². The fourth-order valence-corrected chi connectivity index (χ4v) is 2.64. The van der Waals surface area contributed by atoms with E-state index in [4.69, 9.17) is 24.4 Å². The maximum absolute atomic E-state index is 10.1. The maximum atomic E-state index is 10.1. The van der Waals surface area contributed by atoms with Gasteiger partial charge in [-0.3, -0.25) is 0 Å². The third kappa shape index (κ3) is 3.36. The molecule has 0 aliphatic carbocycles. The summed E-state index contributed by atoms with van der Waals surface area (Å²) in [5.41, 5.74) is 0. The molecule has 11 heteroatoms. The third-order valence-corrected chi connectivity index (χ3v) is 4.03. The normalized spacial score (nSPS) is 51.1. The summed E-state index contributed by atoms with van der Waals surface area (Å²) in [5, 5.41) is 76.7. The van der Waals surface area contributed by atoms with Gasteiger partial charge in [0.25, 0.3) is 0 Å². The van der Waals surface area contributed by atoms with Gasteiger partial charge in [-0.25, -0.2) is 0 Å². The zero-order valence-electron chi connectivity index (χ0n) is 12.0. The molecule has 8 N–H and O–H groups in total. The first-order valence-corrected chi connectivity index (χ1v) is 7.05. The van der Waals surface area contributed by atoms with Crippen LogP contribution in [0.1, 0.15) is 0 Å². The predicted molar refractivity (Wildman–Crippen MR) is 68.6 cm³/mol. The van der Waals surface area contributed by atoms with E-state index in [2.05, 4.69) is 0 Å². The van der Waals surface area contributed by atoms with Crippen molar-refractivity contribution in [2.75, 3.05) is 19.8 Å². The molecule has 11 nitrogen and oxygen atoms in total. The first-order chi connectivity index (χ1) is 10.8. The van der Waals surface area contributed by atoms with Crippen LogP contribution in [0.15, 0.2) is 0 Å². The van der Waals surface area contributed by atoms with Crippen molar-refractivity contribution in [1.82, 2.24) is 0 Å². The van der Waals surface area contributed by atoms with Crippen molar-refractivity contribution in [3.05, 3.63) is 0 Å². The molecule has 0 spiro atoms. The monoisotopic (exact) mass is 342 g/mol. The van der Waals surface area contributed by atoms with Crippen LogP contribution in [0.2, 0.25) is 0 Å². The van der Waals surface area contributed by atoms with Crippen LogP contribution in [0, 0.1) is 0 Å². The molecular formula is C12H22O11. The van der Waals surface area contributed by atoms with Crippen LogP contribution in [0.4, 0.5) is 0 Å². The first kappa shape index (κ1) is 18.9. The summed E-state index contributed by atoms with van der Waals surface area (Å²) in [6, 6.07) is 0. The molecule has 2 rings (SSSR count). The van der Waals surface area contributed by atoms with E-state index in [1.807, 2.05) is 0 Å². The van der Waals surface area contributed by atoms with Gasteiger partial charge in [0.1, 0.15) is 42.7 Å². The standard InChI is InChI=1S/C12H22O11/c13-1-4-6(16)8(18)9(19)11(21-4)22-10-7(17)5(2-14)23-12(10,20)3-15/h4-11,13-20H,1-3H2/t4-,5+,6-,7+,8+,9-,10-,11?,12+/m0/s1. The van der Waals surface area contributed by atoms with Gasteiger partial charge in [0.05, 0.1) is 19.8 Å². The lowest BCUT2D eigenvalue weighted by Gasteiger charge is -2.41. The molecule has 0 aromatic rings. The molecule has 0 saturated carbocycles. The highest BCUT2D eigenvalue weighted by molar-refractivity contribution is 4.98. The summed E-state index contributed by atoms with van der Waals surface area (Å²) in [5.74, 6) is -2.37. The molecule has 0 aromatic carbocycles. The van der Waals surface area contributed by atoms with Crippen LogP contribution >= 0.6 is 0 Å². The molecule has 2 aliphatic rings. The molecule has 23 heavy (non-hydrogen) atoms. The Kier molecular flexibility index (Phi) is 5.92. The Morgan fingerprint density at radius 1 is 0.826 bits per heavy atom. The average Bonchev–Trinajstić information content (AvgIpc) is 2.79. The van der Waals surface area contributed by atoms with E-state index in [-0.39, 0.29) is 0 Å². The molecule has 2 fully saturated rings. The lowest BCUT2D eigenvalue weighted by atomic mass is 9.99. The molecule has 2 aliphatic heterocycles. The Balaban J connectivity index is 2.15. The number of aliphatic hydroxyl groups excluding tert-OH is 7. The van der Waals surface area contributed by atoms with Gasteiger partial charge in [0, 0.05) is 0 Å². The van der Waals surface area contributed by atoms with Crippen LogP contribution in [-0.4, -0.2) is 115 Å². The molecule has 0 aromatic heterocycles. The largest absolute Gasteiger partial charge is 0.394 e. The number of hydrogen-bond donors (Lipinski definition) is 8. The molecule has 136 valence electrons. The Labute approximate surface area is 130 Å². The van der Waals surface area contributed by atoms with E-state index >= 15 is 0 Å². The van der Waals surface area contributed by atoms with E-state index in [0.717, 1.165) is 0 Å². The molecule has 0 radical (unpaired) electrons. The summed E-state index contributed by atoms with van der Waals surface area (Å²) >= 11 is 0. The van der Waals surface area contributed by atoms with E-state index < -0.39 is 74.6 Å². The molecule has 1 unspecified atom stereocenters. The quantitative estimate of drug-likeness (QED) is 0.238. The Morgan fingerprint density at radius 2 is 1.43 bits per heavy atom. The highest BCUT2D eigenvalue weighted by Gasteiger charge is 2.57. The lowest BCUT2D eigenvalue weighted by Crippen LogP contribution is -2.61. The molecule has 0 amide bonds. The number of aliphatic hydroxyl groups is 8. The van der Waals surface area contributed by atoms with Crippen molar-refractivity contribution in [2.24, 2.45) is 0 Å². The SMILES string of the molecule is OC[C@@H]1OC(O[C@H]2[C@H](O)[C@@H](CO)O[C@]2(O)CO)[C@@H](O)[C@H](O)[C@H]1O. The Hall–Kier alpha value is -0.440. The van der Waals surface area contributed by atoms with Gasteiger partial charge in [-0.05, 0) is 0 Å². The summed E-state index contributed by atoms with van der Waals surface area (Å²) < 4.78 is 15.2. The average molecular weight is 342 g/mol. The smallest absolute Gasteiger partial charge is 0.219 e. The number of hydrogen-bond acceptors (Lipinski definition) is 11. The van der Waals surface area contributed by atoms with Crippen LogP contribution in [-0.2, 0) is 14.2 Å². The highest BCUT2D eigenvalue weighted by atomic mass is 16.7. The van der Waals surface area contributed by atoms with Crippen molar-refractivity contribution in [3.8, 4) is 0 Å². The van der Waals surface area contributed by atoms with E-state index in [9.17, 15) is 30.6 Å².